The van der Waals surface area contributed by atoms with E-state index in [4.69, 9.17) is 0 Å². The standard InChI is InChI=1S/C24H35P/c1-19(22-11-9-8-10-12-22)17-20-13-15-21(16-14-20)18-25(23(2,3)4)24(5,6)7/h8-16,19H,17-18H2,1-7H3. The second kappa shape index (κ2) is 8.05. The van der Waals surface area contributed by atoms with Crippen LogP contribution in [0.15, 0.2) is 54.6 Å². The van der Waals surface area contributed by atoms with E-state index < -0.39 is 0 Å². The number of benzene rings is 2. The Labute approximate surface area is 156 Å². The van der Waals surface area contributed by atoms with E-state index >= 15 is 0 Å². The van der Waals surface area contributed by atoms with Crippen LogP contribution in [0.5, 0.6) is 0 Å². The van der Waals surface area contributed by atoms with Crippen molar-refractivity contribution < 1.29 is 0 Å². The molecular formula is C24H35P. The zero-order valence-electron chi connectivity index (χ0n) is 17.1. The molecule has 136 valence electrons. The van der Waals surface area contributed by atoms with Crippen LogP contribution in [0.25, 0.3) is 0 Å². The highest BCUT2D eigenvalue weighted by molar-refractivity contribution is 7.60. The monoisotopic (exact) mass is 354 g/mol. The van der Waals surface area contributed by atoms with E-state index in [-0.39, 0.29) is 7.92 Å². The van der Waals surface area contributed by atoms with Crippen LogP contribution in [0.4, 0.5) is 0 Å². The van der Waals surface area contributed by atoms with Gasteiger partial charge in [0.2, 0.25) is 0 Å². The maximum atomic E-state index is 2.40. The summed E-state index contributed by atoms with van der Waals surface area (Å²) in [5.41, 5.74) is 4.36. The van der Waals surface area contributed by atoms with Gasteiger partial charge in [0.25, 0.3) is 0 Å². The molecule has 0 bridgehead atoms. The highest BCUT2D eigenvalue weighted by Gasteiger charge is 2.33. The van der Waals surface area contributed by atoms with Gasteiger partial charge in [0, 0.05) is 0 Å². The van der Waals surface area contributed by atoms with Gasteiger partial charge in [-0.2, -0.15) is 0 Å². The lowest BCUT2D eigenvalue weighted by Crippen LogP contribution is -2.25. The minimum atomic E-state index is -0.0815. The van der Waals surface area contributed by atoms with Crippen LogP contribution in [0, 0.1) is 0 Å². The Morgan fingerprint density at radius 1 is 0.720 bits per heavy atom. The molecule has 0 heterocycles. The molecule has 0 aliphatic heterocycles. The zero-order chi connectivity index (χ0) is 18.7. The molecule has 0 amide bonds. The summed E-state index contributed by atoms with van der Waals surface area (Å²) >= 11 is 0. The molecule has 0 saturated heterocycles. The molecule has 0 spiro atoms. The van der Waals surface area contributed by atoms with Gasteiger partial charge < -0.3 is 0 Å². The van der Waals surface area contributed by atoms with Gasteiger partial charge in [-0.1, -0.05) is 111 Å². The van der Waals surface area contributed by atoms with Crippen LogP contribution >= 0.6 is 7.92 Å². The third kappa shape index (κ3) is 5.96. The molecule has 0 saturated carbocycles. The molecule has 0 radical (unpaired) electrons. The first-order valence-corrected chi connectivity index (χ1v) is 11.0. The van der Waals surface area contributed by atoms with Crippen LogP contribution in [0.3, 0.4) is 0 Å². The molecule has 1 atom stereocenters. The molecule has 0 aromatic heterocycles. The van der Waals surface area contributed by atoms with Crippen LogP contribution in [0.2, 0.25) is 0 Å². The van der Waals surface area contributed by atoms with Gasteiger partial charge in [0.1, 0.15) is 0 Å². The van der Waals surface area contributed by atoms with Crippen molar-refractivity contribution >= 4 is 7.92 Å². The molecule has 0 nitrogen and oxygen atoms in total. The van der Waals surface area contributed by atoms with Gasteiger partial charge in [0.05, 0.1) is 0 Å². The van der Waals surface area contributed by atoms with E-state index in [2.05, 4.69) is 103 Å². The zero-order valence-corrected chi connectivity index (χ0v) is 18.0. The Balaban J connectivity index is 2.06. The number of hydrogen-bond acceptors (Lipinski definition) is 0. The summed E-state index contributed by atoms with van der Waals surface area (Å²) in [6.45, 7) is 16.7. The summed E-state index contributed by atoms with van der Waals surface area (Å²) in [6.07, 6.45) is 2.33. The lowest BCUT2D eigenvalue weighted by molar-refractivity contribution is 0.702. The molecular weight excluding hydrogens is 319 g/mol. The van der Waals surface area contributed by atoms with Gasteiger partial charge >= 0.3 is 0 Å². The highest BCUT2D eigenvalue weighted by atomic mass is 31.1. The Morgan fingerprint density at radius 3 is 1.68 bits per heavy atom. The smallest absolute Gasteiger partial charge is 0.00637 e. The fourth-order valence-corrected chi connectivity index (χ4v) is 7.23. The van der Waals surface area contributed by atoms with Gasteiger partial charge in [-0.05, 0) is 45.5 Å². The highest BCUT2D eigenvalue weighted by Crippen LogP contribution is 2.61. The van der Waals surface area contributed by atoms with E-state index in [1.165, 1.54) is 22.9 Å². The van der Waals surface area contributed by atoms with Crippen molar-refractivity contribution in [3.05, 3.63) is 71.3 Å². The lowest BCUT2D eigenvalue weighted by atomic mass is 9.93. The molecule has 2 aromatic carbocycles. The predicted molar refractivity (Wildman–Crippen MR) is 115 cm³/mol. The molecule has 2 aromatic rings. The number of rotatable bonds is 5. The van der Waals surface area contributed by atoms with E-state index in [1.54, 1.807) is 0 Å². The normalized spacial score (nSPS) is 13.9. The Bertz CT molecular complexity index is 627. The van der Waals surface area contributed by atoms with Crippen molar-refractivity contribution in [1.82, 2.24) is 0 Å². The quantitative estimate of drug-likeness (QED) is 0.485. The first-order chi connectivity index (χ1) is 11.6. The van der Waals surface area contributed by atoms with Crippen LogP contribution in [-0.2, 0) is 12.6 Å². The molecule has 0 fully saturated rings. The summed E-state index contributed by atoms with van der Waals surface area (Å²) in [5, 5.41) is 0.766. The van der Waals surface area contributed by atoms with E-state index in [1.807, 2.05) is 0 Å². The molecule has 0 aliphatic rings. The minimum absolute atomic E-state index is 0.0815. The Kier molecular flexibility index (Phi) is 6.50. The summed E-state index contributed by atoms with van der Waals surface area (Å²) in [5.74, 6) is 0.563. The summed E-state index contributed by atoms with van der Waals surface area (Å²) < 4.78 is 0. The molecule has 1 heteroatoms. The first kappa shape index (κ1) is 20.2. The largest absolute Gasteiger partial charge is 0.0911 e. The fraction of sp³-hybridized carbons (Fsp3) is 0.500. The third-order valence-electron chi connectivity index (χ3n) is 4.89. The van der Waals surface area contributed by atoms with Crippen LogP contribution in [-0.4, -0.2) is 10.3 Å². The van der Waals surface area contributed by atoms with Gasteiger partial charge in [-0.25, -0.2) is 0 Å². The molecule has 25 heavy (non-hydrogen) atoms. The van der Waals surface area contributed by atoms with Crippen molar-refractivity contribution in [3.63, 3.8) is 0 Å². The molecule has 1 unspecified atom stereocenters. The van der Waals surface area contributed by atoms with Crippen molar-refractivity contribution in [2.45, 2.75) is 77.3 Å². The second-order valence-electron chi connectivity index (χ2n) is 9.26. The Morgan fingerprint density at radius 2 is 1.20 bits per heavy atom. The van der Waals surface area contributed by atoms with Gasteiger partial charge in [-0.3, -0.25) is 0 Å². The average Bonchev–Trinajstić information content (AvgIpc) is 2.52. The average molecular weight is 355 g/mol. The van der Waals surface area contributed by atoms with Gasteiger partial charge in [0.15, 0.2) is 0 Å². The maximum Gasteiger partial charge on any atom is -0.00637 e. The first-order valence-electron chi connectivity index (χ1n) is 9.48. The van der Waals surface area contributed by atoms with Crippen molar-refractivity contribution in [3.8, 4) is 0 Å². The lowest BCUT2D eigenvalue weighted by Gasteiger charge is -2.41. The molecule has 2 rings (SSSR count). The topological polar surface area (TPSA) is 0 Å². The molecule has 0 aliphatic carbocycles. The van der Waals surface area contributed by atoms with Crippen molar-refractivity contribution in [1.29, 1.82) is 0 Å². The van der Waals surface area contributed by atoms with E-state index in [9.17, 15) is 0 Å². The van der Waals surface area contributed by atoms with E-state index in [0.29, 0.717) is 16.2 Å². The predicted octanol–water partition coefficient (Wildman–Crippen LogP) is 7.61. The summed E-state index contributed by atoms with van der Waals surface area (Å²) in [7, 11) is -0.0815. The van der Waals surface area contributed by atoms with Crippen molar-refractivity contribution in [2.24, 2.45) is 0 Å². The second-order valence-corrected chi connectivity index (χ2v) is 13.1. The Hall–Kier alpha value is -1.13. The maximum absolute atomic E-state index is 2.40. The van der Waals surface area contributed by atoms with Gasteiger partial charge in [-0.15, -0.1) is 0 Å². The van der Waals surface area contributed by atoms with Crippen molar-refractivity contribution in [2.75, 3.05) is 0 Å². The van der Waals surface area contributed by atoms with Crippen LogP contribution in [0.1, 0.15) is 71.1 Å². The van der Waals surface area contributed by atoms with Crippen LogP contribution < -0.4 is 0 Å². The minimum Gasteiger partial charge on any atom is -0.0911 e. The number of hydrogen-bond donors (Lipinski definition) is 0. The van der Waals surface area contributed by atoms with E-state index in [0.717, 1.165) is 6.42 Å². The summed E-state index contributed by atoms with van der Waals surface area (Å²) in [4.78, 5) is 0. The SMILES string of the molecule is CC(Cc1ccc(CP(C(C)(C)C)C(C)(C)C)cc1)c1ccccc1. The molecule has 0 N–H and O–H groups in total. The third-order valence-corrected chi connectivity index (χ3v) is 8.81. The summed E-state index contributed by atoms with van der Waals surface area (Å²) in [6, 6.07) is 20.2. The fourth-order valence-electron chi connectivity index (χ4n) is 3.70.